The molecule has 148 valence electrons. The van der Waals surface area contributed by atoms with Gasteiger partial charge in [0.1, 0.15) is 11.1 Å². The van der Waals surface area contributed by atoms with Crippen molar-refractivity contribution >= 4 is 46.7 Å². The Labute approximate surface area is 172 Å². The highest BCUT2D eigenvalue weighted by Crippen LogP contribution is 2.23. The van der Waals surface area contributed by atoms with Gasteiger partial charge in [-0.05, 0) is 42.3 Å². The second-order valence-corrected chi connectivity index (χ2v) is 7.50. The Kier molecular flexibility index (Phi) is 6.91. The molecular formula is C21H19FN4O2S. The summed E-state index contributed by atoms with van der Waals surface area (Å²) in [5.41, 5.74) is 2.43. The number of nitrogens with zero attached hydrogens (tertiary/aromatic N) is 2. The predicted octanol–water partition coefficient (Wildman–Crippen LogP) is 3.83. The van der Waals surface area contributed by atoms with Crippen LogP contribution in [-0.2, 0) is 9.59 Å². The maximum atomic E-state index is 12.9. The van der Waals surface area contributed by atoms with E-state index in [1.165, 1.54) is 24.3 Å². The number of hydrogen-bond donors (Lipinski definition) is 2. The van der Waals surface area contributed by atoms with Crippen molar-refractivity contribution in [2.75, 3.05) is 5.32 Å². The number of nitrogens with one attached hydrogen (secondary N) is 2. The molecular weight excluding hydrogens is 391 g/mol. The lowest BCUT2D eigenvalue weighted by Gasteiger charge is -2.07. The van der Waals surface area contributed by atoms with Gasteiger partial charge in [-0.3, -0.25) is 9.59 Å². The van der Waals surface area contributed by atoms with Crippen LogP contribution in [-0.4, -0.2) is 28.4 Å². The van der Waals surface area contributed by atoms with Crippen LogP contribution in [0.25, 0.3) is 6.08 Å². The molecule has 2 amide bonds. The largest absolute Gasteiger partial charge is 0.326 e. The van der Waals surface area contributed by atoms with Crippen molar-refractivity contribution in [1.29, 1.82) is 0 Å². The normalized spacial score (nSPS) is 18.3. The van der Waals surface area contributed by atoms with E-state index in [0.29, 0.717) is 10.9 Å². The Balaban J connectivity index is 1.53. The van der Waals surface area contributed by atoms with Crippen LogP contribution in [0.4, 0.5) is 10.1 Å². The highest BCUT2D eigenvalue weighted by Gasteiger charge is 2.32. The van der Waals surface area contributed by atoms with Gasteiger partial charge in [-0.1, -0.05) is 48.2 Å². The van der Waals surface area contributed by atoms with Crippen LogP contribution >= 0.6 is 11.8 Å². The third-order valence-corrected chi connectivity index (χ3v) is 4.95. The number of halogens is 1. The number of thioether (sulfide) groups is 1. The van der Waals surface area contributed by atoms with Gasteiger partial charge < -0.3 is 10.6 Å². The average molecular weight is 410 g/mol. The van der Waals surface area contributed by atoms with Crippen LogP contribution in [0.1, 0.15) is 18.9 Å². The minimum absolute atomic E-state index is 0.0243. The summed E-state index contributed by atoms with van der Waals surface area (Å²) in [6.07, 6.45) is 3.54. The summed E-state index contributed by atoms with van der Waals surface area (Å²) in [7, 11) is 0. The molecule has 1 unspecified atom stereocenters. The Bertz CT molecular complexity index is 972. The molecule has 1 atom stereocenters. The molecule has 2 N–H and O–H groups in total. The smallest absolute Gasteiger partial charge is 0.240 e. The molecule has 1 aliphatic heterocycles. The van der Waals surface area contributed by atoms with Gasteiger partial charge in [0.2, 0.25) is 11.8 Å². The van der Waals surface area contributed by atoms with E-state index in [4.69, 9.17) is 0 Å². The van der Waals surface area contributed by atoms with Gasteiger partial charge in [0.05, 0.1) is 6.21 Å². The van der Waals surface area contributed by atoms with E-state index < -0.39 is 5.25 Å². The predicted molar refractivity (Wildman–Crippen MR) is 115 cm³/mol. The van der Waals surface area contributed by atoms with Crippen molar-refractivity contribution in [2.45, 2.75) is 18.6 Å². The number of rotatable bonds is 6. The molecule has 0 aliphatic carbocycles. The maximum absolute atomic E-state index is 12.9. The molecule has 1 saturated heterocycles. The minimum Gasteiger partial charge on any atom is -0.326 e. The van der Waals surface area contributed by atoms with E-state index in [1.807, 2.05) is 43.3 Å². The fourth-order valence-corrected chi connectivity index (χ4v) is 3.45. The molecule has 2 aromatic carbocycles. The summed E-state index contributed by atoms with van der Waals surface area (Å²) >= 11 is 1.15. The molecule has 0 aromatic heterocycles. The van der Waals surface area contributed by atoms with E-state index in [1.54, 1.807) is 6.21 Å². The number of anilines is 1. The standard InChI is InChI=1S/C21H19FN4O2S/c1-14(11-15-5-3-2-4-6-15)13-23-26-21-25-20(28)18(29-21)12-19(27)24-17-9-7-16(22)8-10-17/h2-11,13,18H,12H2,1H3,(H,24,27)(H,25,26,28)/b14-11-,23-13-. The summed E-state index contributed by atoms with van der Waals surface area (Å²) in [5.74, 6) is -1.02. The molecule has 1 heterocycles. The lowest BCUT2D eigenvalue weighted by Crippen LogP contribution is -2.28. The molecule has 8 heteroatoms. The quantitative estimate of drug-likeness (QED) is 0.561. The topological polar surface area (TPSA) is 82.9 Å². The van der Waals surface area contributed by atoms with E-state index >= 15 is 0 Å². The van der Waals surface area contributed by atoms with Crippen LogP contribution in [0, 0.1) is 5.82 Å². The number of amides is 2. The third kappa shape index (κ3) is 6.39. The molecule has 1 aliphatic rings. The molecule has 0 saturated carbocycles. The van der Waals surface area contributed by atoms with Crippen molar-refractivity contribution < 1.29 is 14.0 Å². The van der Waals surface area contributed by atoms with Gasteiger partial charge in [0.15, 0.2) is 5.17 Å². The highest BCUT2D eigenvalue weighted by atomic mass is 32.2. The maximum Gasteiger partial charge on any atom is 0.240 e. The van der Waals surface area contributed by atoms with E-state index in [2.05, 4.69) is 20.8 Å². The molecule has 0 spiro atoms. The average Bonchev–Trinajstić information content (AvgIpc) is 3.03. The van der Waals surface area contributed by atoms with Gasteiger partial charge in [-0.25, -0.2) is 4.39 Å². The SMILES string of the molecule is CC(/C=N\N=C1/NC(=O)C(CC(=O)Nc2ccc(F)cc2)S1)=C/c1ccccc1. The molecule has 29 heavy (non-hydrogen) atoms. The zero-order valence-electron chi connectivity index (χ0n) is 15.6. The summed E-state index contributed by atoms with van der Waals surface area (Å²) in [5, 5.41) is 13.0. The van der Waals surface area contributed by atoms with E-state index in [-0.39, 0.29) is 24.1 Å². The number of benzene rings is 2. The van der Waals surface area contributed by atoms with Crippen LogP contribution < -0.4 is 10.6 Å². The van der Waals surface area contributed by atoms with Crippen molar-refractivity contribution in [3.8, 4) is 0 Å². The first-order chi connectivity index (χ1) is 14.0. The Morgan fingerprint density at radius 3 is 2.66 bits per heavy atom. The zero-order valence-corrected chi connectivity index (χ0v) is 16.4. The van der Waals surface area contributed by atoms with Gasteiger partial charge in [0, 0.05) is 12.1 Å². The molecule has 1 fully saturated rings. The van der Waals surface area contributed by atoms with Crippen molar-refractivity contribution in [3.63, 3.8) is 0 Å². The highest BCUT2D eigenvalue weighted by molar-refractivity contribution is 8.15. The second kappa shape index (κ2) is 9.79. The van der Waals surface area contributed by atoms with Gasteiger partial charge in [-0.15, -0.1) is 5.10 Å². The number of carbonyl (C=O) groups excluding carboxylic acids is 2. The monoisotopic (exact) mass is 410 g/mol. The fraction of sp³-hybridized carbons (Fsp3) is 0.143. The van der Waals surface area contributed by atoms with Crippen molar-refractivity contribution in [2.24, 2.45) is 10.2 Å². The number of allylic oxidation sites excluding steroid dienone is 1. The van der Waals surface area contributed by atoms with Crippen LogP contribution in [0.2, 0.25) is 0 Å². The zero-order chi connectivity index (χ0) is 20.6. The minimum atomic E-state index is -0.592. The first-order valence-electron chi connectivity index (χ1n) is 8.87. The summed E-state index contributed by atoms with van der Waals surface area (Å²) in [4.78, 5) is 24.2. The first-order valence-corrected chi connectivity index (χ1v) is 9.75. The Hall–Kier alpha value is -3.26. The molecule has 6 nitrogen and oxygen atoms in total. The Morgan fingerprint density at radius 2 is 1.93 bits per heavy atom. The first kappa shape index (κ1) is 20.5. The lowest BCUT2D eigenvalue weighted by molar-refractivity contribution is -0.122. The fourth-order valence-electron chi connectivity index (χ4n) is 2.52. The molecule has 0 bridgehead atoms. The molecule has 3 rings (SSSR count). The van der Waals surface area contributed by atoms with Gasteiger partial charge in [-0.2, -0.15) is 5.10 Å². The third-order valence-electron chi connectivity index (χ3n) is 3.88. The number of amidine groups is 1. The van der Waals surface area contributed by atoms with Crippen LogP contribution in [0.5, 0.6) is 0 Å². The van der Waals surface area contributed by atoms with E-state index in [0.717, 1.165) is 22.9 Å². The summed E-state index contributed by atoms with van der Waals surface area (Å²) < 4.78 is 12.9. The van der Waals surface area contributed by atoms with Crippen molar-refractivity contribution in [3.05, 3.63) is 71.6 Å². The van der Waals surface area contributed by atoms with Crippen LogP contribution in [0.15, 0.2) is 70.4 Å². The van der Waals surface area contributed by atoms with Crippen molar-refractivity contribution in [1.82, 2.24) is 5.32 Å². The second-order valence-electron chi connectivity index (χ2n) is 6.30. The van der Waals surface area contributed by atoms with E-state index in [9.17, 15) is 14.0 Å². The van der Waals surface area contributed by atoms with Crippen LogP contribution in [0.3, 0.4) is 0 Å². The molecule has 0 radical (unpaired) electrons. The lowest BCUT2D eigenvalue weighted by atomic mass is 10.1. The number of hydrogen-bond acceptors (Lipinski definition) is 5. The Morgan fingerprint density at radius 1 is 1.21 bits per heavy atom. The summed E-state index contributed by atoms with van der Waals surface area (Å²) in [6.45, 7) is 1.90. The molecule has 2 aromatic rings. The summed E-state index contributed by atoms with van der Waals surface area (Å²) in [6, 6.07) is 15.2. The van der Waals surface area contributed by atoms with Gasteiger partial charge in [0.25, 0.3) is 0 Å². The van der Waals surface area contributed by atoms with Gasteiger partial charge >= 0.3 is 0 Å². The number of carbonyl (C=O) groups is 2.